The van der Waals surface area contributed by atoms with Gasteiger partial charge >= 0.3 is 0 Å². The predicted molar refractivity (Wildman–Crippen MR) is 124 cm³/mol. The van der Waals surface area contributed by atoms with Crippen molar-refractivity contribution < 1.29 is 0 Å². The fourth-order valence-electron chi connectivity index (χ4n) is 3.49. The molecule has 5 rings (SSSR count). The van der Waals surface area contributed by atoms with Crippen LogP contribution in [0.2, 0.25) is 0 Å². The minimum absolute atomic E-state index is 0.642. The van der Waals surface area contributed by atoms with Crippen LogP contribution in [0.5, 0.6) is 0 Å². The van der Waals surface area contributed by atoms with Crippen molar-refractivity contribution in [1.82, 2.24) is 19.9 Å². The van der Waals surface area contributed by atoms with Crippen molar-refractivity contribution in [2.45, 2.75) is 6.92 Å². The van der Waals surface area contributed by atoms with Gasteiger partial charge in [-0.05, 0) is 31.2 Å². The molecule has 4 nitrogen and oxygen atoms in total. The predicted octanol–water partition coefficient (Wildman–Crippen LogP) is 6.24. The van der Waals surface area contributed by atoms with Gasteiger partial charge in [-0.3, -0.25) is 4.98 Å². The van der Waals surface area contributed by atoms with Gasteiger partial charge in [0, 0.05) is 28.5 Å². The maximum atomic E-state index is 4.83. The molecule has 0 bridgehead atoms. The summed E-state index contributed by atoms with van der Waals surface area (Å²) in [7, 11) is 0. The summed E-state index contributed by atoms with van der Waals surface area (Å²) in [6.45, 7) is 2.07. The highest BCUT2D eigenvalue weighted by Gasteiger charge is 2.13. The van der Waals surface area contributed by atoms with Crippen molar-refractivity contribution in [1.29, 1.82) is 0 Å². The van der Waals surface area contributed by atoms with Gasteiger partial charge in [0.05, 0.1) is 5.69 Å². The zero-order valence-electron chi connectivity index (χ0n) is 17.1. The highest BCUT2D eigenvalue weighted by atomic mass is 15.0. The Balaban J connectivity index is 1.67. The van der Waals surface area contributed by atoms with Crippen molar-refractivity contribution in [2.75, 3.05) is 0 Å². The number of aromatic nitrogens is 4. The second-order valence-electron chi connectivity index (χ2n) is 7.34. The second kappa shape index (κ2) is 8.28. The van der Waals surface area contributed by atoms with Gasteiger partial charge in [-0.2, -0.15) is 0 Å². The zero-order valence-corrected chi connectivity index (χ0v) is 17.1. The molecule has 0 saturated heterocycles. The van der Waals surface area contributed by atoms with E-state index in [9.17, 15) is 0 Å². The van der Waals surface area contributed by atoms with Crippen molar-refractivity contribution in [3.8, 4) is 45.4 Å². The molecule has 0 unspecified atom stereocenters. The van der Waals surface area contributed by atoms with Crippen LogP contribution in [-0.2, 0) is 0 Å². The van der Waals surface area contributed by atoms with Crippen LogP contribution >= 0.6 is 0 Å². The molecule has 3 aromatic carbocycles. The minimum Gasteiger partial charge on any atom is -0.256 e. The summed E-state index contributed by atoms with van der Waals surface area (Å²) in [6, 6.07) is 32.3. The Morgan fingerprint density at radius 1 is 0.484 bits per heavy atom. The molecule has 0 aliphatic heterocycles. The van der Waals surface area contributed by atoms with Gasteiger partial charge in [-0.25, -0.2) is 15.0 Å². The quantitative estimate of drug-likeness (QED) is 0.358. The first kappa shape index (κ1) is 18.8. The van der Waals surface area contributed by atoms with E-state index >= 15 is 0 Å². The Labute approximate surface area is 181 Å². The molecular weight excluding hydrogens is 380 g/mol. The van der Waals surface area contributed by atoms with Crippen molar-refractivity contribution in [2.24, 2.45) is 0 Å². The Kier molecular flexibility index (Phi) is 5.03. The van der Waals surface area contributed by atoms with E-state index in [1.54, 1.807) is 6.20 Å². The molecule has 2 aromatic heterocycles. The van der Waals surface area contributed by atoms with Gasteiger partial charge in [0.25, 0.3) is 0 Å². The van der Waals surface area contributed by atoms with E-state index < -0.39 is 0 Å². The topological polar surface area (TPSA) is 51.6 Å². The average molecular weight is 400 g/mol. The lowest BCUT2D eigenvalue weighted by molar-refractivity contribution is 1.07. The molecule has 0 aliphatic rings. The summed E-state index contributed by atoms with van der Waals surface area (Å²) in [6.07, 6.45) is 1.80. The second-order valence-corrected chi connectivity index (χ2v) is 7.34. The Morgan fingerprint density at radius 2 is 1.06 bits per heavy atom. The molecule has 5 aromatic rings. The van der Waals surface area contributed by atoms with Crippen LogP contribution in [-0.4, -0.2) is 19.9 Å². The van der Waals surface area contributed by atoms with Crippen LogP contribution in [0, 0.1) is 6.92 Å². The maximum Gasteiger partial charge on any atom is 0.164 e. The first-order chi connectivity index (χ1) is 15.3. The normalized spacial score (nSPS) is 10.7. The molecule has 31 heavy (non-hydrogen) atoms. The summed E-state index contributed by atoms with van der Waals surface area (Å²) < 4.78 is 0. The average Bonchev–Trinajstić information content (AvgIpc) is 2.85. The minimum atomic E-state index is 0.642. The van der Waals surface area contributed by atoms with Crippen LogP contribution < -0.4 is 0 Å². The van der Waals surface area contributed by atoms with Crippen molar-refractivity contribution in [3.05, 3.63) is 109 Å². The van der Waals surface area contributed by atoms with E-state index in [-0.39, 0.29) is 0 Å². The van der Waals surface area contributed by atoms with Crippen LogP contribution in [0.25, 0.3) is 45.4 Å². The molecule has 0 spiro atoms. The smallest absolute Gasteiger partial charge is 0.164 e. The van der Waals surface area contributed by atoms with E-state index in [1.165, 1.54) is 0 Å². The third kappa shape index (κ3) is 4.09. The van der Waals surface area contributed by atoms with Crippen molar-refractivity contribution >= 4 is 0 Å². The highest BCUT2D eigenvalue weighted by molar-refractivity contribution is 5.71. The number of pyridine rings is 1. The lowest BCUT2D eigenvalue weighted by Crippen LogP contribution is -2.00. The highest BCUT2D eigenvalue weighted by Crippen LogP contribution is 2.27. The molecule has 0 fully saturated rings. The summed E-state index contributed by atoms with van der Waals surface area (Å²) in [4.78, 5) is 18.9. The maximum absolute atomic E-state index is 4.83. The summed E-state index contributed by atoms with van der Waals surface area (Å²) in [5, 5.41) is 0. The SMILES string of the molecule is Cc1cccc(-c2nc(-c3ccccc3)nc(-c3cccc(-c4ccccn4)c3)n2)c1. The van der Waals surface area contributed by atoms with E-state index in [2.05, 4.69) is 30.1 Å². The van der Waals surface area contributed by atoms with Gasteiger partial charge in [-0.1, -0.05) is 78.4 Å². The van der Waals surface area contributed by atoms with E-state index in [0.717, 1.165) is 33.5 Å². The zero-order chi connectivity index (χ0) is 21.0. The van der Waals surface area contributed by atoms with Gasteiger partial charge in [0.1, 0.15) is 0 Å². The molecule has 4 heteroatoms. The number of hydrogen-bond acceptors (Lipinski definition) is 4. The monoisotopic (exact) mass is 400 g/mol. The third-order valence-electron chi connectivity index (χ3n) is 5.03. The molecule has 0 aliphatic carbocycles. The van der Waals surface area contributed by atoms with Gasteiger partial charge in [0.2, 0.25) is 0 Å². The lowest BCUT2D eigenvalue weighted by Gasteiger charge is -2.09. The fourth-order valence-corrected chi connectivity index (χ4v) is 3.49. The summed E-state index contributed by atoms with van der Waals surface area (Å²) in [5.74, 6) is 1.96. The Hall–Kier alpha value is -4.18. The van der Waals surface area contributed by atoms with Gasteiger partial charge in [-0.15, -0.1) is 0 Å². The van der Waals surface area contributed by atoms with Crippen LogP contribution in [0.3, 0.4) is 0 Å². The molecular formula is C27H20N4. The number of rotatable bonds is 4. The molecule has 0 atom stereocenters. The van der Waals surface area contributed by atoms with Crippen LogP contribution in [0.15, 0.2) is 103 Å². The van der Waals surface area contributed by atoms with E-state index in [4.69, 9.17) is 15.0 Å². The summed E-state index contributed by atoms with van der Waals surface area (Å²) in [5.41, 5.74) is 5.97. The fraction of sp³-hybridized carbons (Fsp3) is 0.0370. The largest absolute Gasteiger partial charge is 0.256 e. The Bertz CT molecular complexity index is 1330. The molecule has 2 heterocycles. The third-order valence-corrected chi connectivity index (χ3v) is 5.03. The van der Waals surface area contributed by atoms with E-state index in [0.29, 0.717) is 17.5 Å². The molecule has 0 amide bonds. The van der Waals surface area contributed by atoms with Gasteiger partial charge in [0.15, 0.2) is 17.5 Å². The molecule has 0 N–H and O–H groups in total. The number of hydrogen-bond donors (Lipinski definition) is 0. The lowest BCUT2D eigenvalue weighted by atomic mass is 10.1. The van der Waals surface area contributed by atoms with E-state index in [1.807, 2.05) is 78.9 Å². The van der Waals surface area contributed by atoms with Crippen LogP contribution in [0.4, 0.5) is 0 Å². The summed E-state index contributed by atoms with van der Waals surface area (Å²) >= 11 is 0. The first-order valence-electron chi connectivity index (χ1n) is 10.2. The Morgan fingerprint density at radius 3 is 1.74 bits per heavy atom. The molecule has 0 radical (unpaired) electrons. The van der Waals surface area contributed by atoms with Crippen LogP contribution in [0.1, 0.15) is 5.56 Å². The molecule has 148 valence electrons. The number of benzene rings is 3. The first-order valence-corrected chi connectivity index (χ1v) is 10.2. The van der Waals surface area contributed by atoms with Crippen molar-refractivity contribution in [3.63, 3.8) is 0 Å². The standard InChI is InChI=1S/C27H20N4/c1-19-9-7-13-22(17-19)26-29-25(20-10-3-2-4-11-20)30-27(31-26)23-14-8-12-21(18-23)24-15-5-6-16-28-24/h2-18H,1H3. The number of aryl methyl sites for hydroxylation is 1. The van der Waals surface area contributed by atoms with Gasteiger partial charge < -0.3 is 0 Å². The number of nitrogens with zero attached hydrogens (tertiary/aromatic N) is 4. The molecule has 0 saturated carbocycles.